The summed E-state index contributed by atoms with van der Waals surface area (Å²) in [5.74, 6) is 0.114. The lowest BCUT2D eigenvalue weighted by Crippen LogP contribution is -2.35. The zero-order valence-electron chi connectivity index (χ0n) is 11.4. The summed E-state index contributed by atoms with van der Waals surface area (Å²) in [4.78, 5) is 15.7. The molecule has 0 aromatic rings. The van der Waals surface area contributed by atoms with E-state index in [2.05, 4.69) is 17.9 Å². The van der Waals surface area contributed by atoms with Crippen molar-refractivity contribution >= 4 is 5.91 Å². The molecule has 5 heteroatoms. The second-order valence-corrected chi connectivity index (χ2v) is 4.81. The molecule has 0 aromatic carbocycles. The van der Waals surface area contributed by atoms with Crippen LogP contribution < -0.4 is 0 Å². The number of hydrogen-bond donors (Lipinski definition) is 0. The third-order valence-electron chi connectivity index (χ3n) is 3.16. The predicted octanol–water partition coefficient (Wildman–Crippen LogP) is 0.859. The highest BCUT2D eigenvalue weighted by molar-refractivity contribution is 5.76. The molecular weight excluding hydrogens is 230 g/mol. The Morgan fingerprint density at radius 3 is 3.11 bits per heavy atom. The Balaban J connectivity index is 2.26. The fourth-order valence-corrected chi connectivity index (χ4v) is 2.07. The summed E-state index contributed by atoms with van der Waals surface area (Å²) in [6, 6.07) is 2.05. The van der Waals surface area contributed by atoms with E-state index in [4.69, 9.17) is 10.00 Å². The Bertz CT molecular complexity index is 301. The molecule has 1 rings (SSSR count). The standard InChI is InChI=1S/C13H23N3O2/c1-12-11-16(8-4-10-18-12)9-5-13(17)15(2)7-3-6-14/h12H,3-5,7-11H2,1-2H3. The minimum Gasteiger partial charge on any atom is -0.377 e. The lowest BCUT2D eigenvalue weighted by molar-refractivity contribution is -0.130. The highest BCUT2D eigenvalue weighted by Gasteiger charge is 2.16. The SMILES string of the molecule is CC1CN(CCC(=O)N(C)CCC#N)CCCO1. The first-order valence-corrected chi connectivity index (χ1v) is 6.58. The maximum atomic E-state index is 11.8. The summed E-state index contributed by atoms with van der Waals surface area (Å²) in [7, 11) is 1.76. The van der Waals surface area contributed by atoms with Crippen LogP contribution in [0, 0.1) is 11.3 Å². The highest BCUT2D eigenvalue weighted by Crippen LogP contribution is 2.06. The normalized spacial score (nSPS) is 21.1. The number of rotatable bonds is 5. The summed E-state index contributed by atoms with van der Waals surface area (Å²) in [5, 5.41) is 8.48. The number of carbonyl (C=O) groups is 1. The van der Waals surface area contributed by atoms with Crippen molar-refractivity contribution in [2.75, 3.05) is 39.8 Å². The van der Waals surface area contributed by atoms with Crippen LogP contribution in [-0.2, 0) is 9.53 Å². The summed E-state index contributed by atoms with van der Waals surface area (Å²) in [6.07, 6.45) is 2.20. The third-order valence-corrected chi connectivity index (χ3v) is 3.16. The van der Waals surface area contributed by atoms with Crippen molar-refractivity contribution in [3.63, 3.8) is 0 Å². The fraction of sp³-hybridized carbons (Fsp3) is 0.846. The van der Waals surface area contributed by atoms with Gasteiger partial charge in [0, 0.05) is 46.3 Å². The van der Waals surface area contributed by atoms with Gasteiger partial charge in [0.15, 0.2) is 0 Å². The van der Waals surface area contributed by atoms with Crippen molar-refractivity contribution in [1.82, 2.24) is 9.80 Å². The Labute approximate surface area is 109 Å². The molecule has 1 amide bonds. The smallest absolute Gasteiger partial charge is 0.223 e. The molecule has 1 saturated heterocycles. The molecule has 1 aliphatic heterocycles. The van der Waals surface area contributed by atoms with E-state index in [0.717, 1.165) is 32.7 Å². The van der Waals surface area contributed by atoms with Gasteiger partial charge in [-0.1, -0.05) is 0 Å². The zero-order valence-corrected chi connectivity index (χ0v) is 11.4. The summed E-state index contributed by atoms with van der Waals surface area (Å²) in [6.45, 7) is 6.08. The van der Waals surface area contributed by atoms with Crippen LogP contribution in [0.4, 0.5) is 0 Å². The van der Waals surface area contributed by atoms with Crippen LogP contribution in [0.25, 0.3) is 0 Å². The van der Waals surface area contributed by atoms with Crippen LogP contribution in [0.3, 0.4) is 0 Å². The average molecular weight is 253 g/mol. The molecule has 1 unspecified atom stereocenters. The van der Waals surface area contributed by atoms with Crippen LogP contribution in [0.15, 0.2) is 0 Å². The van der Waals surface area contributed by atoms with Gasteiger partial charge in [-0.05, 0) is 13.3 Å². The summed E-state index contributed by atoms with van der Waals surface area (Å²) >= 11 is 0. The molecule has 0 N–H and O–H groups in total. The number of nitrogens with zero attached hydrogens (tertiary/aromatic N) is 3. The van der Waals surface area contributed by atoms with Crippen LogP contribution in [-0.4, -0.2) is 61.6 Å². The maximum Gasteiger partial charge on any atom is 0.223 e. The van der Waals surface area contributed by atoms with E-state index >= 15 is 0 Å². The highest BCUT2D eigenvalue weighted by atomic mass is 16.5. The van der Waals surface area contributed by atoms with Crippen molar-refractivity contribution in [3.8, 4) is 6.07 Å². The third kappa shape index (κ3) is 5.48. The van der Waals surface area contributed by atoms with Crippen LogP contribution in [0.1, 0.15) is 26.2 Å². The van der Waals surface area contributed by atoms with Crippen LogP contribution in [0.2, 0.25) is 0 Å². The Hall–Kier alpha value is -1.12. The number of nitriles is 1. The summed E-state index contributed by atoms with van der Waals surface area (Å²) < 4.78 is 5.57. The van der Waals surface area contributed by atoms with E-state index in [9.17, 15) is 4.79 Å². The van der Waals surface area contributed by atoms with Gasteiger partial charge in [0.05, 0.1) is 18.6 Å². The number of ether oxygens (including phenoxy) is 1. The van der Waals surface area contributed by atoms with E-state index in [-0.39, 0.29) is 12.0 Å². The van der Waals surface area contributed by atoms with Gasteiger partial charge in [-0.3, -0.25) is 4.79 Å². The molecule has 0 radical (unpaired) electrons. The first kappa shape index (κ1) is 14.9. The molecule has 1 atom stereocenters. The molecule has 1 heterocycles. The first-order chi connectivity index (χ1) is 8.63. The van der Waals surface area contributed by atoms with Gasteiger partial charge in [0.25, 0.3) is 0 Å². The molecule has 5 nitrogen and oxygen atoms in total. The molecule has 0 aromatic heterocycles. The van der Waals surface area contributed by atoms with Gasteiger partial charge >= 0.3 is 0 Å². The second-order valence-electron chi connectivity index (χ2n) is 4.81. The summed E-state index contributed by atoms with van der Waals surface area (Å²) in [5.41, 5.74) is 0. The largest absolute Gasteiger partial charge is 0.377 e. The molecule has 0 spiro atoms. The first-order valence-electron chi connectivity index (χ1n) is 6.58. The van der Waals surface area contributed by atoms with Crippen LogP contribution in [0.5, 0.6) is 0 Å². The van der Waals surface area contributed by atoms with Crippen molar-refractivity contribution in [2.45, 2.75) is 32.3 Å². The molecule has 18 heavy (non-hydrogen) atoms. The monoisotopic (exact) mass is 253 g/mol. The van der Waals surface area contributed by atoms with Crippen molar-refractivity contribution in [3.05, 3.63) is 0 Å². The van der Waals surface area contributed by atoms with Crippen LogP contribution >= 0.6 is 0 Å². The Kier molecular flexibility index (Phi) is 6.69. The number of hydrogen-bond acceptors (Lipinski definition) is 4. The minimum atomic E-state index is 0.114. The van der Waals surface area contributed by atoms with Gasteiger partial charge in [-0.2, -0.15) is 5.26 Å². The van der Waals surface area contributed by atoms with Gasteiger partial charge < -0.3 is 14.5 Å². The van der Waals surface area contributed by atoms with Gasteiger partial charge in [-0.15, -0.1) is 0 Å². The van der Waals surface area contributed by atoms with Crippen molar-refractivity contribution in [1.29, 1.82) is 5.26 Å². The van der Waals surface area contributed by atoms with E-state index in [0.29, 0.717) is 19.4 Å². The van der Waals surface area contributed by atoms with E-state index in [1.165, 1.54) is 0 Å². The average Bonchev–Trinajstić information content (AvgIpc) is 2.57. The lowest BCUT2D eigenvalue weighted by Gasteiger charge is -2.23. The quantitative estimate of drug-likeness (QED) is 0.729. The fourth-order valence-electron chi connectivity index (χ4n) is 2.07. The van der Waals surface area contributed by atoms with Crippen molar-refractivity contribution in [2.24, 2.45) is 0 Å². The molecule has 0 saturated carbocycles. The minimum absolute atomic E-state index is 0.114. The Morgan fingerprint density at radius 1 is 1.61 bits per heavy atom. The molecule has 1 fully saturated rings. The Morgan fingerprint density at radius 2 is 2.39 bits per heavy atom. The molecule has 102 valence electrons. The molecule has 0 aliphatic carbocycles. The second kappa shape index (κ2) is 8.06. The van der Waals surface area contributed by atoms with E-state index in [1.54, 1.807) is 11.9 Å². The van der Waals surface area contributed by atoms with Crippen molar-refractivity contribution < 1.29 is 9.53 Å². The molecule has 0 bridgehead atoms. The zero-order chi connectivity index (χ0) is 13.4. The van der Waals surface area contributed by atoms with E-state index < -0.39 is 0 Å². The molecular formula is C13H23N3O2. The number of amides is 1. The van der Waals surface area contributed by atoms with E-state index in [1.807, 2.05) is 0 Å². The molecule has 1 aliphatic rings. The predicted molar refractivity (Wildman–Crippen MR) is 69.0 cm³/mol. The van der Waals surface area contributed by atoms with Gasteiger partial charge in [0.1, 0.15) is 0 Å². The maximum absolute atomic E-state index is 11.8. The number of carbonyl (C=O) groups excluding carboxylic acids is 1. The van der Waals surface area contributed by atoms with Gasteiger partial charge in [0.2, 0.25) is 5.91 Å². The topological polar surface area (TPSA) is 56.6 Å². The van der Waals surface area contributed by atoms with Gasteiger partial charge in [-0.25, -0.2) is 0 Å². The lowest BCUT2D eigenvalue weighted by atomic mass is 10.3.